The number of carbonyl (C=O) groups is 1. The number of nitrogens with zero attached hydrogens (tertiary/aromatic N) is 3. The molecule has 120 valence electrons. The topological polar surface area (TPSA) is 79.8 Å². The van der Waals surface area contributed by atoms with Gasteiger partial charge in [-0.3, -0.25) is 9.78 Å². The standard InChI is InChI=1S/C14H19N3O4S/c1-22(19,20)17-6-7-21-13-10-16(9-12(13)17)14(18)8-11-4-2-3-5-15-11/h2-5,12-13H,6-10H2,1H3. The van der Waals surface area contributed by atoms with Gasteiger partial charge in [0.15, 0.2) is 0 Å². The highest BCUT2D eigenvalue weighted by Gasteiger charge is 2.44. The summed E-state index contributed by atoms with van der Waals surface area (Å²) in [6.07, 6.45) is 2.84. The number of hydrogen-bond acceptors (Lipinski definition) is 5. The first kappa shape index (κ1) is 15.4. The molecule has 2 atom stereocenters. The molecular weight excluding hydrogens is 306 g/mol. The first-order valence-corrected chi connectivity index (χ1v) is 9.06. The highest BCUT2D eigenvalue weighted by atomic mass is 32.2. The Balaban J connectivity index is 1.69. The van der Waals surface area contributed by atoms with Gasteiger partial charge in [0, 0.05) is 31.5 Å². The van der Waals surface area contributed by atoms with Crippen molar-refractivity contribution in [1.29, 1.82) is 0 Å². The molecule has 0 saturated carbocycles. The van der Waals surface area contributed by atoms with E-state index in [4.69, 9.17) is 4.74 Å². The lowest BCUT2D eigenvalue weighted by Crippen LogP contribution is -2.52. The molecule has 3 rings (SSSR count). The van der Waals surface area contributed by atoms with Gasteiger partial charge < -0.3 is 9.64 Å². The van der Waals surface area contributed by atoms with Crippen LogP contribution in [0.2, 0.25) is 0 Å². The zero-order chi connectivity index (χ0) is 15.7. The van der Waals surface area contributed by atoms with Gasteiger partial charge in [0.1, 0.15) is 0 Å². The Morgan fingerprint density at radius 3 is 2.91 bits per heavy atom. The van der Waals surface area contributed by atoms with Crippen LogP contribution in [0.25, 0.3) is 0 Å². The van der Waals surface area contributed by atoms with Gasteiger partial charge in [-0.15, -0.1) is 0 Å². The van der Waals surface area contributed by atoms with Gasteiger partial charge in [-0.1, -0.05) is 6.07 Å². The molecule has 1 aromatic heterocycles. The van der Waals surface area contributed by atoms with Crippen molar-refractivity contribution in [3.05, 3.63) is 30.1 Å². The van der Waals surface area contributed by atoms with Gasteiger partial charge in [0.25, 0.3) is 0 Å². The third-order valence-corrected chi connectivity index (χ3v) is 5.39. The number of amides is 1. The summed E-state index contributed by atoms with van der Waals surface area (Å²) in [6, 6.07) is 5.17. The largest absolute Gasteiger partial charge is 0.373 e. The van der Waals surface area contributed by atoms with E-state index in [1.807, 2.05) is 6.07 Å². The number of sulfonamides is 1. The fourth-order valence-corrected chi connectivity index (χ4v) is 4.14. The average molecular weight is 325 g/mol. The van der Waals surface area contributed by atoms with Crippen molar-refractivity contribution >= 4 is 15.9 Å². The molecule has 8 heteroatoms. The van der Waals surface area contributed by atoms with Crippen molar-refractivity contribution in [2.45, 2.75) is 18.6 Å². The summed E-state index contributed by atoms with van der Waals surface area (Å²) >= 11 is 0. The van der Waals surface area contributed by atoms with E-state index in [1.165, 1.54) is 10.6 Å². The van der Waals surface area contributed by atoms with E-state index < -0.39 is 10.0 Å². The maximum absolute atomic E-state index is 12.4. The summed E-state index contributed by atoms with van der Waals surface area (Å²) in [5.41, 5.74) is 0.711. The SMILES string of the molecule is CS(=O)(=O)N1CCOC2CN(C(=O)Cc3ccccn3)CC21. The van der Waals surface area contributed by atoms with Gasteiger partial charge in [-0.25, -0.2) is 8.42 Å². The maximum atomic E-state index is 12.4. The van der Waals surface area contributed by atoms with Crippen LogP contribution in [0.1, 0.15) is 5.69 Å². The molecule has 7 nitrogen and oxygen atoms in total. The summed E-state index contributed by atoms with van der Waals surface area (Å²) in [5, 5.41) is 0. The predicted octanol–water partition coefficient (Wildman–Crippen LogP) is -0.505. The molecule has 3 heterocycles. The number of pyridine rings is 1. The van der Waals surface area contributed by atoms with Gasteiger partial charge in [-0.05, 0) is 12.1 Å². The van der Waals surface area contributed by atoms with Crippen LogP contribution in [-0.4, -0.2) is 73.2 Å². The van der Waals surface area contributed by atoms with Crippen LogP contribution in [-0.2, 0) is 26.0 Å². The number of rotatable bonds is 3. The minimum absolute atomic E-state index is 0.0508. The molecule has 2 aliphatic heterocycles. The third kappa shape index (κ3) is 3.13. The Morgan fingerprint density at radius 2 is 2.23 bits per heavy atom. The van der Waals surface area contributed by atoms with Gasteiger partial charge in [0.05, 0.1) is 31.4 Å². The highest BCUT2D eigenvalue weighted by Crippen LogP contribution is 2.25. The first-order valence-electron chi connectivity index (χ1n) is 7.21. The van der Waals surface area contributed by atoms with E-state index in [2.05, 4.69) is 4.98 Å². The van der Waals surface area contributed by atoms with Crippen molar-refractivity contribution in [3.63, 3.8) is 0 Å². The molecule has 0 spiro atoms. The van der Waals surface area contributed by atoms with Gasteiger partial charge in [-0.2, -0.15) is 4.31 Å². The molecule has 0 aliphatic carbocycles. The number of ether oxygens (including phenoxy) is 1. The van der Waals surface area contributed by atoms with Crippen molar-refractivity contribution < 1.29 is 17.9 Å². The number of morpholine rings is 1. The lowest BCUT2D eigenvalue weighted by Gasteiger charge is -2.34. The van der Waals surface area contributed by atoms with E-state index in [9.17, 15) is 13.2 Å². The maximum Gasteiger partial charge on any atom is 0.228 e. The van der Waals surface area contributed by atoms with Crippen LogP contribution in [0.3, 0.4) is 0 Å². The van der Waals surface area contributed by atoms with Crippen LogP contribution < -0.4 is 0 Å². The summed E-state index contributed by atoms with van der Waals surface area (Å²) in [4.78, 5) is 18.2. The number of carbonyl (C=O) groups excluding carboxylic acids is 1. The molecule has 2 saturated heterocycles. The number of aromatic nitrogens is 1. The second kappa shape index (κ2) is 5.94. The minimum atomic E-state index is -3.29. The van der Waals surface area contributed by atoms with E-state index >= 15 is 0 Å². The van der Waals surface area contributed by atoms with Crippen LogP contribution in [0.4, 0.5) is 0 Å². The van der Waals surface area contributed by atoms with Crippen molar-refractivity contribution in [1.82, 2.24) is 14.2 Å². The lowest BCUT2D eigenvalue weighted by molar-refractivity contribution is -0.130. The molecule has 2 fully saturated rings. The molecule has 1 amide bonds. The normalized spacial score (nSPS) is 26.0. The predicted molar refractivity (Wildman–Crippen MR) is 79.6 cm³/mol. The number of fused-ring (bicyclic) bond motifs is 1. The summed E-state index contributed by atoms with van der Waals surface area (Å²) in [5.74, 6) is -0.0508. The Labute approximate surface area is 129 Å². The molecule has 2 aliphatic rings. The Bertz CT molecular complexity index is 649. The van der Waals surface area contributed by atoms with Crippen LogP contribution in [0.15, 0.2) is 24.4 Å². The molecule has 1 aromatic rings. The van der Waals surface area contributed by atoms with Crippen LogP contribution in [0.5, 0.6) is 0 Å². The van der Waals surface area contributed by atoms with E-state index in [-0.39, 0.29) is 24.5 Å². The second-order valence-corrected chi connectivity index (χ2v) is 7.58. The molecular formula is C14H19N3O4S. The molecule has 0 radical (unpaired) electrons. The Morgan fingerprint density at radius 1 is 1.41 bits per heavy atom. The molecule has 0 N–H and O–H groups in total. The average Bonchev–Trinajstić information content (AvgIpc) is 2.91. The Kier molecular flexibility index (Phi) is 4.16. The van der Waals surface area contributed by atoms with Crippen LogP contribution >= 0.6 is 0 Å². The number of hydrogen-bond donors (Lipinski definition) is 0. The molecule has 22 heavy (non-hydrogen) atoms. The van der Waals surface area contributed by atoms with Gasteiger partial charge >= 0.3 is 0 Å². The fraction of sp³-hybridized carbons (Fsp3) is 0.571. The summed E-state index contributed by atoms with van der Waals surface area (Å²) in [7, 11) is -3.29. The molecule has 0 aromatic carbocycles. The molecule has 2 unspecified atom stereocenters. The lowest BCUT2D eigenvalue weighted by atomic mass is 10.2. The smallest absolute Gasteiger partial charge is 0.228 e. The third-order valence-electron chi connectivity index (χ3n) is 4.09. The van der Waals surface area contributed by atoms with Crippen molar-refractivity contribution in [2.75, 3.05) is 32.5 Å². The second-order valence-electron chi connectivity index (χ2n) is 5.65. The van der Waals surface area contributed by atoms with E-state index in [0.29, 0.717) is 31.9 Å². The van der Waals surface area contributed by atoms with E-state index in [1.54, 1.807) is 23.2 Å². The van der Waals surface area contributed by atoms with E-state index in [0.717, 1.165) is 0 Å². The monoisotopic (exact) mass is 325 g/mol. The zero-order valence-corrected chi connectivity index (χ0v) is 13.2. The van der Waals surface area contributed by atoms with Crippen molar-refractivity contribution in [3.8, 4) is 0 Å². The quantitative estimate of drug-likeness (QED) is 0.748. The fourth-order valence-electron chi connectivity index (χ4n) is 3.04. The van der Waals surface area contributed by atoms with Crippen LogP contribution in [0, 0.1) is 0 Å². The summed E-state index contributed by atoms with van der Waals surface area (Å²) in [6.45, 7) is 1.53. The van der Waals surface area contributed by atoms with Gasteiger partial charge in [0.2, 0.25) is 15.9 Å². The number of likely N-dealkylation sites (tertiary alicyclic amines) is 1. The zero-order valence-electron chi connectivity index (χ0n) is 12.4. The van der Waals surface area contributed by atoms with Crippen molar-refractivity contribution in [2.24, 2.45) is 0 Å². The minimum Gasteiger partial charge on any atom is -0.373 e. The molecule has 0 bridgehead atoms. The Hall–Kier alpha value is -1.51. The first-order chi connectivity index (χ1) is 10.4. The highest BCUT2D eigenvalue weighted by molar-refractivity contribution is 7.88. The summed E-state index contributed by atoms with van der Waals surface area (Å²) < 4.78 is 30.8.